The average Bonchev–Trinajstić information content (AvgIpc) is 3.24. The molecule has 0 aromatic heterocycles. The van der Waals surface area contributed by atoms with Gasteiger partial charge in [0.15, 0.2) is 0 Å². The summed E-state index contributed by atoms with van der Waals surface area (Å²) in [7, 11) is -3.50. The van der Waals surface area contributed by atoms with Crippen molar-refractivity contribution in [3.8, 4) is 6.07 Å². The van der Waals surface area contributed by atoms with Crippen molar-refractivity contribution in [2.45, 2.75) is 37.1 Å². The molecule has 0 N–H and O–H groups in total. The highest BCUT2D eigenvalue weighted by molar-refractivity contribution is 7.89. The highest BCUT2D eigenvalue weighted by Crippen LogP contribution is 2.37. The second-order valence-corrected chi connectivity index (χ2v) is 6.81. The highest BCUT2D eigenvalue weighted by Gasteiger charge is 2.37. The lowest BCUT2D eigenvalue weighted by Crippen LogP contribution is -2.40. The smallest absolute Gasteiger partial charge is 0.207 e. The van der Waals surface area contributed by atoms with Gasteiger partial charge in [-0.2, -0.15) is 9.57 Å². The van der Waals surface area contributed by atoms with Gasteiger partial charge in [0.1, 0.15) is 0 Å². The van der Waals surface area contributed by atoms with Crippen LogP contribution in [0.1, 0.15) is 26.2 Å². The molecule has 1 fully saturated rings. The van der Waals surface area contributed by atoms with Crippen LogP contribution >= 0.6 is 0 Å². The first kappa shape index (κ1) is 14.0. The molecule has 0 radical (unpaired) electrons. The van der Waals surface area contributed by atoms with Crippen LogP contribution in [0, 0.1) is 17.2 Å². The molecule has 1 aromatic rings. The van der Waals surface area contributed by atoms with E-state index in [0.29, 0.717) is 10.8 Å². The van der Waals surface area contributed by atoms with Gasteiger partial charge in [-0.3, -0.25) is 0 Å². The summed E-state index contributed by atoms with van der Waals surface area (Å²) in [6.07, 6.45) is 2.38. The molecule has 0 spiro atoms. The number of nitrogens with zero attached hydrogens (tertiary/aromatic N) is 2. The third-order valence-corrected chi connectivity index (χ3v) is 5.55. The second kappa shape index (κ2) is 5.72. The van der Waals surface area contributed by atoms with Gasteiger partial charge in [0.2, 0.25) is 10.0 Å². The molecule has 0 aliphatic heterocycles. The fourth-order valence-corrected chi connectivity index (χ4v) is 3.96. The molecule has 1 saturated carbocycles. The molecule has 0 heterocycles. The fourth-order valence-electron chi connectivity index (χ4n) is 2.24. The standard InChI is InChI=1S/C14H18N2O2S/c1-12(13-8-9-13)16(11-5-10-15)19(17,18)14-6-3-2-4-7-14/h2-4,6-7,12-13H,5,8-9,11H2,1H3. The normalized spacial score (nSPS) is 17.1. The van der Waals surface area contributed by atoms with Crippen LogP contribution in [0.5, 0.6) is 0 Å². The zero-order valence-corrected chi connectivity index (χ0v) is 11.8. The maximum atomic E-state index is 12.6. The number of sulfonamides is 1. The predicted molar refractivity (Wildman–Crippen MR) is 72.7 cm³/mol. The Morgan fingerprint density at radius 1 is 1.37 bits per heavy atom. The number of hydrogen-bond donors (Lipinski definition) is 0. The fraction of sp³-hybridized carbons (Fsp3) is 0.500. The van der Waals surface area contributed by atoms with Crippen LogP contribution in [0.3, 0.4) is 0 Å². The Morgan fingerprint density at radius 2 is 2.00 bits per heavy atom. The highest BCUT2D eigenvalue weighted by atomic mass is 32.2. The molecule has 1 aromatic carbocycles. The van der Waals surface area contributed by atoms with Crippen LogP contribution in [0.4, 0.5) is 0 Å². The summed E-state index contributed by atoms with van der Waals surface area (Å²) in [6.45, 7) is 2.21. The van der Waals surface area contributed by atoms with Crippen molar-refractivity contribution in [1.82, 2.24) is 4.31 Å². The van der Waals surface area contributed by atoms with Gasteiger partial charge in [-0.05, 0) is 37.8 Å². The largest absolute Gasteiger partial charge is 0.243 e. The minimum atomic E-state index is -3.50. The summed E-state index contributed by atoms with van der Waals surface area (Å²) in [5, 5.41) is 8.72. The lowest BCUT2D eigenvalue weighted by Gasteiger charge is -2.27. The molecule has 2 rings (SSSR count). The molecule has 0 bridgehead atoms. The van der Waals surface area contributed by atoms with Crippen molar-refractivity contribution >= 4 is 10.0 Å². The maximum Gasteiger partial charge on any atom is 0.243 e. The Morgan fingerprint density at radius 3 is 2.53 bits per heavy atom. The van der Waals surface area contributed by atoms with E-state index < -0.39 is 10.0 Å². The van der Waals surface area contributed by atoms with Gasteiger partial charge >= 0.3 is 0 Å². The van der Waals surface area contributed by atoms with Crippen molar-refractivity contribution in [1.29, 1.82) is 5.26 Å². The monoisotopic (exact) mass is 278 g/mol. The zero-order valence-electron chi connectivity index (χ0n) is 11.0. The van der Waals surface area contributed by atoms with Gasteiger partial charge in [0.05, 0.1) is 11.0 Å². The van der Waals surface area contributed by atoms with Crippen LogP contribution < -0.4 is 0 Å². The van der Waals surface area contributed by atoms with E-state index >= 15 is 0 Å². The first-order valence-electron chi connectivity index (χ1n) is 6.51. The SMILES string of the molecule is CC(C1CC1)N(CCC#N)S(=O)(=O)c1ccccc1. The van der Waals surface area contributed by atoms with Gasteiger partial charge in [0.25, 0.3) is 0 Å². The number of rotatable bonds is 6. The van der Waals surface area contributed by atoms with Crippen LogP contribution in [-0.2, 0) is 10.0 Å². The van der Waals surface area contributed by atoms with E-state index in [1.165, 1.54) is 4.31 Å². The Hall–Kier alpha value is -1.38. The summed E-state index contributed by atoms with van der Waals surface area (Å²) in [6, 6.07) is 10.4. The molecule has 19 heavy (non-hydrogen) atoms. The predicted octanol–water partition coefficient (Wildman–Crippen LogP) is 2.39. The maximum absolute atomic E-state index is 12.6. The topological polar surface area (TPSA) is 61.2 Å². The Bertz CT molecular complexity index is 559. The molecule has 1 unspecified atom stereocenters. The van der Waals surface area contributed by atoms with Gasteiger partial charge in [-0.25, -0.2) is 8.42 Å². The molecule has 0 saturated heterocycles. The molecule has 1 atom stereocenters. The van der Waals surface area contributed by atoms with Crippen molar-refractivity contribution in [3.05, 3.63) is 30.3 Å². The van der Waals surface area contributed by atoms with Gasteiger partial charge in [-0.15, -0.1) is 0 Å². The average molecular weight is 278 g/mol. The summed E-state index contributed by atoms with van der Waals surface area (Å²) >= 11 is 0. The Balaban J connectivity index is 2.28. The van der Waals surface area contributed by atoms with Crippen molar-refractivity contribution < 1.29 is 8.42 Å². The van der Waals surface area contributed by atoms with Crippen LogP contribution in [-0.4, -0.2) is 25.3 Å². The number of hydrogen-bond acceptors (Lipinski definition) is 3. The van der Waals surface area contributed by atoms with E-state index in [1.54, 1.807) is 30.3 Å². The minimum absolute atomic E-state index is 0.0291. The third-order valence-electron chi connectivity index (χ3n) is 3.55. The van der Waals surface area contributed by atoms with Gasteiger partial charge in [0, 0.05) is 19.0 Å². The minimum Gasteiger partial charge on any atom is -0.207 e. The molecule has 4 nitrogen and oxygen atoms in total. The van der Waals surface area contributed by atoms with Crippen molar-refractivity contribution in [2.24, 2.45) is 5.92 Å². The van der Waals surface area contributed by atoms with E-state index in [4.69, 9.17) is 5.26 Å². The van der Waals surface area contributed by atoms with Crippen LogP contribution in [0.2, 0.25) is 0 Å². The van der Waals surface area contributed by atoms with Gasteiger partial charge < -0.3 is 0 Å². The van der Waals surface area contributed by atoms with Crippen LogP contribution in [0.25, 0.3) is 0 Å². The van der Waals surface area contributed by atoms with Crippen LogP contribution in [0.15, 0.2) is 35.2 Å². The van der Waals surface area contributed by atoms with Gasteiger partial charge in [-0.1, -0.05) is 18.2 Å². The van der Waals surface area contributed by atoms with E-state index in [-0.39, 0.29) is 19.0 Å². The summed E-state index contributed by atoms with van der Waals surface area (Å²) in [5.41, 5.74) is 0. The van der Waals surface area contributed by atoms with Crippen molar-refractivity contribution in [2.75, 3.05) is 6.54 Å². The Labute approximate surface area is 114 Å². The molecule has 0 amide bonds. The quantitative estimate of drug-likeness (QED) is 0.802. The summed E-state index contributed by atoms with van der Waals surface area (Å²) in [5.74, 6) is 0.442. The van der Waals surface area contributed by atoms with E-state index in [9.17, 15) is 8.42 Å². The lowest BCUT2D eigenvalue weighted by atomic mass is 10.2. The number of benzene rings is 1. The lowest BCUT2D eigenvalue weighted by molar-refractivity contribution is 0.314. The first-order chi connectivity index (χ1) is 9.07. The second-order valence-electron chi connectivity index (χ2n) is 4.91. The summed E-state index contributed by atoms with van der Waals surface area (Å²) < 4.78 is 26.7. The molecular weight excluding hydrogens is 260 g/mol. The van der Waals surface area contributed by atoms with E-state index in [2.05, 4.69) is 0 Å². The zero-order chi connectivity index (χ0) is 13.9. The first-order valence-corrected chi connectivity index (χ1v) is 7.95. The van der Waals surface area contributed by atoms with E-state index in [1.807, 2.05) is 13.0 Å². The van der Waals surface area contributed by atoms with Crippen molar-refractivity contribution in [3.63, 3.8) is 0 Å². The molecule has 5 heteroatoms. The molecule has 1 aliphatic carbocycles. The third kappa shape index (κ3) is 3.14. The van der Waals surface area contributed by atoms with E-state index in [0.717, 1.165) is 12.8 Å². The Kier molecular flexibility index (Phi) is 4.23. The number of nitriles is 1. The molecule has 102 valence electrons. The summed E-state index contributed by atoms with van der Waals surface area (Å²) in [4.78, 5) is 0.306. The molecular formula is C14H18N2O2S. The molecule has 1 aliphatic rings.